The zero-order valence-electron chi connectivity index (χ0n) is 20.5. The Kier molecular flexibility index (Phi) is 8.81. The molecular formula is C25H21FN3NaO6. The first-order chi connectivity index (χ1) is 16.9. The first-order valence-corrected chi connectivity index (χ1v) is 10.4. The average molecular weight is 501 g/mol. The van der Waals surface area contributed by atoms with Gasteiger partial charge < -0.3 is 26.3 Å². The summed E-state index contributed by atoms with van der Waals surface area (Å²) in [6.45, 7) is 0.0639. The van der Waals surface area contributed by atoms with E-state index in [0.717, 1.165) is 11.6 Å². The van der Waals surface area contributed by atoms with Crippen LogP contribution < -0.4 is 49.9 Å². The molecule has 36 heavy (non-hydrogen) atoms. The van der Waals surface area contributed by atoms with E-state index in [9.17, 15) is 18.8 Å². The van der Waals surface area contributed by atoms with Gasteiger partial charge in [0.2, 0.25) is 0 Å². The minimum Gasteiger partial charge on any atom is -1.00 e. The maximum absolute atomic E-state index is 14.5. The molecule has 0 radical (unpaired) electrons. The molecule has 0 unspecified atom stereocenters. The first-order valence-electron chi connectivity index (χ1n) is 10.4. The summed E-state index contributed by atoms with van der Waals surface area (Å²) < 4.78 is 25.2. The summed E-state index contributed by atoms with van der Waals surface area (Å²) >= 11 is 0. The second kappa shape index (κ2) is 11.8. The fourth-order valence-electron chi connectivity index (χ4n) is 3.37. The number of methoxy groups -OCH3 is 1. The fourth-order valence-corrected chi connectivity index (χ4v) is 3.37. The van der Waals surface area contributed by atoms with E-state index in [1.165, 1.54) is 37.4 Å². The van der Waals surface area contributed by atoms with Crippen LogP contribution in [0, 0.1) is 5.82 Å². The maximum atomic E-state index is 14.5. The third-order valence-corrected chi connectivity index (χ3v) is 5.17. The van der Waals surface area contributed by atoms with E-state index in [2.05, 4.69) is 15.3 Å². The number of fused-ring (bicyclic) bond motifs is 1. The summed E-state index contributed by atoms with van der Waals surface area (Å²) in [5.74, 6) is -2.37. The number of ether oxygens (including phenoxy) is 2. The minimum atomic E-state index is -1.07. The van der Waals surface area contributed by atoms with Gasteiger partial charge in [0.15, 0.2) is 17.4 Å². The van der Waals surface area contributed by atoms with Crippen LogP contribution in [0.5, 0.6) is 11.5 Å². The van der Waals surface area contributed by atoms with Gasteiger partial charge in [-0.3, -0.25) is 9.59 Å². The molecule has 3 N–H and O–H groups in total. The Morgan fingerprint density at radius 3 is 2.56 bits per heavy atom. The molecule has 4 rings (SSSR count). The van der Waals surface area contributed by atoms with Gasteiger partial charge in [0.25, 0.3) is 11.5 Å². The van der Waals surface area contributed by atoms with Gasteiger partial charge >= 0.3 is 35.5 Å². The number of hydrogen-bond acceptors (Lipinski definition) is 6. The number of benzene rings is 3. The number of aromatic carboxylic acids is 1. The topological polar surface area (TPSA) is 131 Å². The molecule has 0 saturated heterocycles. The third-order valence-electron chi connectivity index (χ3n) is 5.17. The minimum absolute atomic E-state index is 0. The zero-order chi connectivity index (χ0) is 24.9. The zero-order valence-corrected chi connectivity index (χ0v) is 21.5. The van der Waals surface area contributed by atoms with Crippen LogP contribution in [0.1, 0.15) is 33.5 Å². The molecule has 0 aliphatic carbocycles. The van der Waals surface area contributed by atoms with Crippen LogP contribution in [-0.4, -0.2) is 34.1 Å². The number of carbonyl (C=O) groups excluding carboxylic acids is 1. The summed E-state index contributed by atoms with van der Waals surface area (Å²) in [5, 5.41) is 11.5. The molecule has 1 amide bonds. The Hall–Kier alpha value is -3.73. The number of aromatic amines is 1. The van der Waals surface area contributed by atoms with Crippen LogP contribution in [0.2, 0.25) is 0 Å². The van der Waals surface area contributed by atoms with Crippen LogP contribution in [0.15, 0.2) is 65.5 Å². The smallest absolute Gasteiger partial charge is 1.00 e. The summed E-state index contributed by atoms with van der Waals surface area (Å²) in [6, 6.07) is 15.4. The molecule has 0 aliphatic heterocycles. The molecule has 1 heterocycles. The van der Waals surface area contributed by atoms with Crippen LogP contribution in [0.3, 0.4) is 0 Å². The normalized spacial score (nSPS) is 10.4. The van der Waals surface area contributed by atoms with Crippen LogP contribution in [-0.2, 0) is 13.2 Å². The largest absolute Gasteiger partial charge is 1.00 e. The molecule has 180 valence electrons. The van der Waals surface area contributed by atoms with Crippen LogP contribution in [0.25, 0.3) is 10.9 Å². The monoisotopic (exact) mass is 501 g/mol. The van der Waals surface area contributed by atoms with Gasteiger partial charge in [0, 0.05) is 6.54 Å². The standard InChI is InChI=1S/C25H20FN3O6.Na.H/c1-34-17-4-2-3-15(11-17)12-27-24(31)22-28-19-10-9-18(26)21(20(19)23(30)29-22)35-13-14-5-7-16(8-6-14)25(32)33;;/h2-11H,12-13H2,1H3,(H,27,31)(H,32,33)(H,28,29,30);;/q;+1;-1. The third kappa shape index (κ3) is 6.09. The predicted molar refractivity (Wildman–Crippen MR) is 125 cm³/mol. The number of halogens is 1. The second-order valence-electron chi connectivity index (χ2n) is 7.51. The Labute approximate surface area is 228 Å². The summed E-state index contributed by atoms with van der Waals surface area (Å²) in [6.07, 6.45) is 0. The Balaban J connectivity index is 0.00000241. The molecule has 1 aromatic heterocycles. The summed E-state index contributed by atoms with van der Waals surface area (Å²) in [4.78, 5) is 42.9. The quantitative estimate of drug-likeness (QED) is 0.298. The number of amides is 1. The van der Waals surface area contributed by atoms with Crippen molar-refractivity contribution < 1.29 is 59.5 Å². The van der Waals surface area contributed by atoms with Crippen molar-refractivity contribution in [3.05, 3.63) is 99.3 Å². The van der Waals surface area contributed by atoms with Gasteiger partial charge in [-0.25, -0.2) is 14.2 Å². The molecule has 11 heteroatoms. The number of nitrogens with zero attached hydrogens (tertiary/aromatic N) is 1. The summed E-state index contributed by atoms with van der Waals surface area (Å²) in [7, 11) is 1.54. The van der Waals surface area contributed by atoms with Crippen molar-refractivity contribution in [1.82, 2.24) is 15.3 Å². The molecular weight excluding hydrogens is 480 g/mol. The average Bonchev–Trinajstić information content (AvgIpc) is 2.87. The number of carboxylic acids is 1. The van der Waals surface area contributed by atoms with Gasteiger partial charge in [-0.1, -0.05) is 24.3 Å². The van der Waals surface area contributed by atoms with Crippen LogP contribution in [0.4, 0.5) is 4.39 Å². The second-order valence-corrected chi connectivity index (χ2v) is 7.51. The van der Waals surface area contributed by atoms with Crippen molar-refractivity contribution in [2.45, 2.75) is 13.2 Å². The number of carboxylic acid groups (broad SMARTS) is 1. The molecule has 0 spiro atoms. The van der Waals surface area contributed by atoms with Crippen molar-refractivity contribution in [3.63, 3.8) is 0 Å². The maximum Gasteiger partial charge on any atom is 1.00 e. The summed E-state index contributed by atoms with van der Waals surface area (Å²) in [5.41, 5.74) is 0.803. The number of H-pyrrole nitrogens is 1. The first kappa shape index (κ1) is 26.9. The number of carbonyl (C=O) groups is 2. The van der Waals surface area contributed by atoms with E-state index in [4.69, 9.17) is 14.6 Å². The van der Waals surface area contributed by atoms with Gasteiger partial charge in [0.1, 0.15) is 17.7 Å². The number of nitrogens with one attached hydrogen (secondary N) is 2. The fraction of sp³-hybridized carbons (Fsp3) is 0.120. The van der Waals surface area contributed by atoms with Gasteiger partial charge in [-0.15, -0.1) is 0 Å². The van der Waals surface area contributed by atoms with E-state index in [1.807, 2.05) is 0 Å². The van der Waals surface area contributed by atoms with Crippen molar-refractivity contribution >= 4 is 22.8 Å². The Morgan fingerprint density at radius 2 is 1.86 bits per heavy atom. The molecule has 3 aromatic carbocycles. The molecule has 9 nitrogen and oxygen atoms in total. The Bertz CT molecular complexity index is 1480. The SMILES string of the molecule is COc1cccc(CNC(=O)c2nc3ccc(F)c(OCc4ccc(C(=O)O)cc4)c3c(=O)[nH]2)c1.[H-].[Na+]. The predicted octanol–water partition coefficient (Wildman–Crippen LogP) is 0.395. The van der Waals surface area contributed by atoms with Crippen molar-refractivity contribution in [3.8, 4) is 11.5 Å². The molecule has 0 atom stereocenters. The number of hydrogen-bond donors (Lipinski definition) is 3. The number of aromatic nitrogens is 2. The van der Waals surface area contributed by atoms with E-state index in [1.54, 1.807) is 24.3 Å². The molecule has 0 bridgehead atoms. The van der Waals surface area contributed by atoms with Crippen molar-refractivity contribution in [2.24, 2.45) is 0 Å². The van der Waals surface area contributed by atoms with E-state index < -0.39 is 23.3 Å². The van der Waals surface area contributed by atoms with E-state index >= 15 is 0 Å². The van der Waals surface area contributed by atoms with E-state index in [-0.39, 0.29) is 72.2 Å². The molecule has 0 saturated carbocycles. The molecule has 4 aromatic rings. The van der Waals surface area contributed by atoms with Gasteiger partial charge in [-0.05, 0) is 47.5 Å². The van der Waals surface area contributed by atoms with Crippen molar-refractivity contribution in [1.29, 1.82) is 0 Å². The molecule has 0 fully saturated rings. The van der Waals surface area contributed by atoms with E-state index in [0.29, 0.717) is 11.3 Å². The number of rotatable bonds is 8. The van der Waals surface area contributed by atoms with Crippen molar-refractivity contribution in [2.75, 3.05) is 7.11 Å². The van der Waals surface area contributed by atoms with Gasteiger partial charge in [0.05, 0.1) is 18.2 Å². The van der Waals surface area contributed by atoms with Gasteiger partial charge in [-0.2, -0.15) is 0 Å². The van der Waals surface area contributed by atoms with Crippen LogP contribution >= 0.6 is 0 Å². The molecule has 0 aliphatic rings. The Morgan fingerprint density at radius 1 is 1.11 bits per heavy atom.